The molecule has 3 heterocycles. The van der Waals surface area contributed by atoms with Crippen molar-refractivity contribution >= 4 is 21.5 Å². The number of halogens is 3. The molecule has 0 radical (unpaired) electrons. The Balaban J connectivity index is 1.20. The molecule has 5 rings (SSSR count). The fraction of sp³-hybridized carbons (Fsp3) is 0.385. The van der Waals surface area contributed by atoms with E-state index in [9.17, 15) is 21.6 Å². The van der Waals surface area contributed by atoms with E-state index in [-0.39, 0.29) is 12.1 Å². The molecule has 2 fully saturated rings. The molecular formula is C26H28F3N5O2S. The molecule has 7 nitrogen and oxygen atoms in total. The van der Waals surface area contributed by atoms with Gasteiger partial charge in [0.15, 0.2) is 9.84 Å². The van der Waals surface area contributed by atoms with Crippen LogP contribution in [0.3, 0.4) is 0 Å². The Morgan fingerprint density at radius 2 is 1.62 bits per heavy atom. The minimum Gasteiger partial charge on any atom is -0.367 e. The Morgan fingerprint density at radius 3 is 2.22 bits per heavy atom. The van der Waals surface area contributed by atoms with E-state index in [0.29, 0.717) is 36.4 Å². The summed E-state index contributed by atoms with van der Waals surface area (Å²) < 4.78 is 64.8. The van der Waals surface area contributed by atoms with Gasteiger partial charge in [0.2, 0.25) is 0 Å². The largest absolute Gasteiger partial charge is 0.417 e. The SMILES string of the molecule is NC1CN(c2cc(-c3ccc(S(=O)(=O)C4CCC(Nc5ccc(C(F)(F)F)cn5)CC4)cc3)ccn2)C1. The summed E-state index contributed by atoms with van der Waals surface area (Å²) in [6.45, 7) is 1.54. The van der Waals surface area contributed by atoms with E-state index in [0.717, 1.165) is 42.3 Å². The molecule has 1 aliphatic heterocycles. The summed E-state index contributed by atoms with van der Waals surface area (Å²) in [7, 11) is -3.50. The molecular weight excluding hydrogens is 503 g/mol. The fourth-order valence-corrected chi connectivity index (χ4v) is 6.67. The predicted molar refractivity (Wildman–Crippen MR) is 136 cm³/mol. The molecule has 0 unspecified atom stereocenters. The van der Waals surface area contributed by atoms with Crippen LogP contribution in [0.25, 0.3) is 11.1 Å². The minimum absolute atomic E-state index is 0.0418. The predicted octanol–water partition coefficient (Wildman–Crippen LogP) is 4.51. The molecule has 0 bridgehead atoms. The summed E-state index contributed by atoms with van der Waals surface area (Å²) in [5, 5.41) is 2.63. The van der Waals surface area contributed by atoms with Gasteiger partial charge in [-0.2, -0.15) is 13.2 Å². The number of nitrogens with two attached hydrogens (primary N) is 1. The molecule has 2 aliphatic rings. The lowest BCUT2D eigenvalue weighted by Crippen LogP contribution is -2.56. The third-order valence-electron chi connectivity index (χ3n) is 7.05. The van der Waals surface area contributed by atoms with Crippen LogP contribution in [0.5, 0.6) is 0 Å². The average molecular weight is 532 g/mol. The summed E-state index contributed by atoms with van der Waals surface area (Å²) in [5.74, 6) is 1.21. The Labute approximate surface area is 213 Å². The second-order valence-corrected chi connectivity index (χ2v) is 11.9. The van der Waals surface area contributed by atoms with E-state index in [1.54, 1.807) is 18.3 Å². The Hall–Kier alpha value is -3.18. The highest BCUT2D eigenvalue weighted by molar-refractivity contribution is 7.92. The number of sulfone groups is 1. The molecule has 2 aromatic heterocycles. The van der Waals surface area contributed by atoms with Crippen molar-refractivity contribution in [2.75, 3.05) is 23.3 Å². The quantitative estimate of drug-likeness (QED) is 0.483. The van der Waals surface area contributed by atoms with Crippen molar-refractivity contribution < 1.29 is 21.6 Å². The Morgan fingerprint density at radius 1 is 0.919 bits per heavy atom. The van der Waals surface area contributed by atoms with Crippen LogP contribution in [-0.4, -0.2) is 48.8 Å². The molecule has 3 N–H and O–H groups in total. The molecule has 1 aliphatic carbocycles. The summed E-state index contributed by atoms with van der Waals surface area (Å²) >= 11 is 0. The average Bonchev–Trinajstić information content (AvgIpc) is 2.87. The van der Waals surface area contributed by atoms with Crippen LogP contribution >= 0.6 is 0 Å². The van der Waals surface area contributed by atoms with Gasteiger partial charge < -0.3 is 16.0 Å². The van der Waals surface area contributed by atoms with Crippen LogP contribution in [0.1, 0.15) is 31.2 Å². The highest BCUT2D eigenvalue weighted by atomic mass is 32.2. The van der Waals surface area contributed by atoms with E-state index in [2.05, 4.69) is 20.2 Å². The Kier molecular flexibility index (Phi) is 6.84. The number of nitrogens with zero attached hydrogens (tertiary/aromatic N) is 3. The van der Waals surface area contributed by atoms with Crippen LogP contribution in [-0.2, 0) is 16.0 Å². The lowest BCUT2D eigenvalue weighted by molar-refractivity contribution is -0.137. The first kappa shape index (κ1) is 25.5. The highest BCUT2D eigenvalue weighted by Gasteiger charge is 2.33. The zero-order valence-corrected chi connectivity index (χ0v) is 20.8. The molecule has 3 aromatic rings. The first-order valence-corrected chi connectivity index (χ1v) is 13.7. The van der Waals surface area contributed by atoms with Crippen LogP contribution in [0.15, 0.2) is 65.8 Å². The van der Waals surface area contributed by atoms with Gasteiger partial charge in [-0.15, -0.1) is 0 Å². The van der Waals surface area contributed by atoms with Gasteiger partial charge in [0, 0.05) is 37.6 Å². The Bertz CT molecular complexity index is 1330. The third kappa shape index (κ3) is 5.57. The van der Waals surface area contributed by atoms with Crippen molar-refractivity contribution in [3.8, 4) is 11.1 Å². The van der Waals surface area contributed by atoms with E-state index >= 15 is 0 Å². The van der Waals surface area contributed by atoms with E-state index < -0.39 is 26.8 Å². The third-order valence-corrected chi connectivity index (χ3v) is 9.33. The van der Waals surface area contributed by atoms with Crippen molar-refractivity contribution in [2.45, 2.75) is 54.1 Å². The maximum atomic E-state index is 13.3. The molecule has 1 saturated carbocycles. The van der Waals surface area contributed by atoms with E-state index in [4.69, 9.17) is 5.73 Å². The number of aromatic nitrogens is 2. The van der Waals surface area contributed by atoms with Crippen LogP contribution in [0, 0.1) is 0 Å². The first-order chi connectivity index (χ1) is 17.6. The minimum atomic E-state index is -4.43. The lowest BCUT2D eigenvalue weighted by Gasteiger charge is -2.37. The molecule has 1 aromatic carbocycles. The van der Waals surface area contributed by atoms with Gasteiger partial charge in [-0.3, -0.25) is 0 Å². The van der Waals surface area contributed by atoms with E-state index in [1.807, 2.05) is 24.3 Å². The van der Waals surface area contributed by atoms with Crippen molar-refractivity contribution in [2.24, 2.45) is 5.73 Å². The van der Waals surface area contributed by atoms with Gasteiger partial charge in [-0.1, -0.05) is 12.1 Å². The van der Waals surface area contributed by atoms with Gasteiger partial charge in [-0.25, -0.2) is 18.4 Å². The fourth-order valence-electron chi connectivity index (χ4n) is 4.87. The molecule has 37 heavy (non-hydrogen) atoms. The molecule has 0 amide bonds. The number of benzene rings is 1. The number of anilines is 2. The number of hydrogen-bond acceptors (Lipinski definition) is 7. The van der Waals surface area contributed by atoms with Crippen LogP contribution < -0.4 is 16.0 Å². The zero-order valence-electron chi connectivity index (χ0n) is 20.0. The topological polar surface area (TPSA) is 101 Å². The zero-order chi connectivity index (χ0) is 26.2. The number of alkyl halides is 3. The van der Waals surface area contributed by atoms with Crippen LogP contribution in [0.2, 0.25) is 0 Å². The van der Waals surface area contributed by atoms with E-state index in [1.165, 1.54) is 6.07 Å². The van der Waals surface area contributed by atoms with Gasteiger partial charge in [0.05, 0.1) is 15.7 Å². The molecule has 1 saturated heterocycles. The van der Waals surface area contributed by atoms with Gasteiger partial charge in [0.25, 0.3) is 0 Å². The molecule has 196 valence electrons. The van der Waals surface area contributed by atoms with Gasteiger partial charge >= 0.3 is 6.18 Å². The van der Waals surface area contributed by atoms with Gasteiger partial charge in [-0.05, 0) is 73.2 Å². The summed E-state index contributed by atoms with van der Waals surface area (Å²) in [6.07, 6.45) is 0.221. The number of pyridine rings is 2. The van der Waals surface area contributed by atoms with Crippen molar-refractivity contribution in [3.63, 3.8) is 0 Å². The summed E-state index contributed by atoms with van der Waals surface area (Å²) in [6, 6.07) is 13.2. The lowest BCUT2D eigenvalue weighted by atomic mass is 9.95. The first-order valence-electron chi connectivity index (χ1n) is 12.2. The second-order valence-electron chi connectivity index (χ2n) is 9.69. The molecule has 0 atom stereocenters. The number of nitrogens with one attached hydrogen (secondary N) is 1. The van der Waals surface area contributed by atoms with Crippen molar-refractivity contribution in [3.05, 3.63) is 66.5 Å². The maximum absolute atomic E-state index is 13.3. The smallest absolute Gasteiger partial charge is 0.367 e. The normalized spacial score (nSPS) is 20.9. The van der Waals surface area contributed by atoms with Crippen molar-refractivity contribution in [1.29, 1.82) is 0 Å². The molecule has 0 spiro atoms. The highest BCUT2D eigenvalue weighted by Crippen LogP contribution is 2.33. The van der Waals surface area contributed by atoms with Crippen molar-refractivity contribution in [1.82, 2.24) is 9.97 Å². The number of rotatable bonds is 6. The number of hydrogen-bond donors (Lipinski definition) is 2. The van der Waals surface area contributed by atoms with Gasteiger partial charge in [0.1, 0.15) is 11.6 Å². The molecule has 11 heteroatoms. The monoisotopic (exact) mass is 531 g/mol. The second kappa shape index (κ2) is 9.94. The summed E-state index contributed by atoms with van der Waals surface area (Å²) in [4.78, 5) is 10.7. The van der Waals surface area contributed by atoms with Crippen LogP contribution in [0.4, 0.5) is 24.8 Å². The summed E-state index contributed by atoms with van der Waals surface area (Å²) in [5.41, 5.74) is 6.93. The maximum Gasteiger partial charge on any atom is 0.417 e. The standard InChI is InChI=1S/C26H28F3N5O2S/c27-26(28,29)19-3-10-24(32-14-19)33-21-4-8-23(9-5-21)37(35,36)22-6-1-17(2-7-22)18-11-12-31-25(13-18)34-15-20(30)16-34/h1-3,6-7,10-14,20-21,23H,4-5,8-9,15-16,30H2,(H,32,33).